The highest BCUT2D eigenvalue weighted by atomic mass is 127. The predicted octanol–water partition coefficient (Wildman–Crippen LogP) is 2.09. The number of piperazine rings is 1. The molecule has 2 heterocycles. The number of hydrogen-bond acceptors (Lipinski definition) is 5. The van der Waals surface area contributed by atoms with Crippen LogP contribution in [-0.2, 0) is 0 Å². The fourth-order valence-electron chi connectivity index (χ4n) is 2.36. The first kappa shape index (κ1) is 16.1. The topological polar surface area (TPSA) is 61.4 Å². The number of benzene rings is 1. The second-order valence-electron chi connectivity index (χ2n) is 5.52. The van der Waals surface area contributed by atoms with E-state index in [4.69, 9.17) is 0 Å². The third-order valence-electron chi connectivity index (χ3n) is 3.79. The highest BCUT2D eigenvalue weighted by Crippen LogP contribution is 2.14. The highest BCUT2D eigenvalue weighted by Gasteiger charge is 2.16. The molecular formula is C16H18IN5O. The molecule has 1 aliphatic heterocycles. The Kier molecular flexibility index (Phi) is 5.06. The van der Waals surface area contributed by atoms with E-state index in [1.54, 1.807) is 24.5 Å². The number of carbonyl (C=O) groups excluding carboxylic acids is 1. The third-order valence-corrected chi connectivity index (χ3v) is 4.51. The molecule has 120 valence electrons. The maximum atomic E-state index is 12.2. The van der Waals surface area contributed by atoms with Crippen molar-refractivity contribution in [1.29, 1.82) is 0 Å². The molecule has 1 N–H and O–H groups in total. The Hall–Kier alpha value is -1.74. The van der Waals surface area contributed by atoms with Gasteiger partial charge in [0, 0.05) is 35.3 Å². The van der Waals surface area contributed by atoms with Gasteiger partial charge in [-0.3, -0.25) is 4.79 Å². The van der Waals surface area contributed by atoms with Gasteiger partial charge in [0.25, 0.3) is 5.91 Å². The van der Waals surface area contributed by atoms with Gasteiger partial charge in [0.2, 0.25) is 5.95 Å². The van der Waals surface area contributed by atoms with Crippen molar-refractivity contribution in [3.8, 4) is 0 Å². The molecule has 1 aromatic heterocycles. The van der Waals surface area contributed by atoms with E-state index in [0.29, 0.717) is 17.2 Å². The van der Waals surface area contributed by atoms with E-state index >= 15 is 0 Å². The second-order valence-corrected chi connectivity index (χ2v) is 6.77. The zero-order chi connectivity index (χ0) is 16.2. The fourth-order valence-corrected chi connectivity index (χ4v) is 2.72. The SMILES string of the molecule is CN1CCN(c2ncc(NC(=O)c3ccc(I)cc3)cn2)CC1. The fraction of sp³-hybridized carbons (Fsp3) is 0.312. The smallest absolute Gasteiger partial charge is 0.255 e. The quantitative estimate of drug-likeness (QED) is 0.767. The van der Waals surface area contributed by atoms with Gasteiger partial charge in [0.15, 0.2) is 0 Å². The van der Waals surface area contributed by atoms with Crippen molar-refractivity contribution in [2.75, 3.05) is 43.4 Å². The summed E-state index contributed by atoms with van der Waals surface area (Å²) in [5, 5.41) is 2.82. The van der Waals surface area contributed by atoms with Crippen LogP contribution in [0.25, 0.3) is 0 Å². The van der Waals surface area contributed by atoms with E-state index in [9.17, 15) is 4.79 Å². The van der Waals surface area contributed by atoms with Crippen LogP contribution in [0.4, 0.5) is 11.6 Å². The summed E-state index contributed by atoms with van der Waals surface area (Å²) in [4.78, 5) is 25.3. The van der Waals surface area contributed by atoms with E-state index < -0.39 is 0 Å². The van der Waals surface area contributed by atoms with E-state index in [-0.39, 0.29) is 5.91 Å². The first-order valence-corrected chi connectivity index (χ1v) is 8.52. The summed E-state index contributed by atoms with van der Waals surface area (Å²) in [6.45, 7) is 3.86. The highest BCUT2D eigenvalue weighted by molar-refractivity contribution is 14.1. The lowest BCUT2D eigenvalue weighted by Gasteiger charge is -2.32. The van der Waals surface area contributed by atoms with Crippen LogP contribution in [0.2, 0.25) is 0 Å². The largest absolute Gasteiger partial charge is 0.338 e. The van der Waals surface area contributed by atoms with Gasteiger partial charge in [-0.2, -0.15) is 0 Å². The number of halogens is 1. The van der Waals surface area contributed by atoms with Crippen LogP contribution >= 0.6 is 22.6 Å². The second kappa shape index (κ2) is 7.22. The van der Waals surface area contributed by atoms with Crippen molar-refractivity contribution in [3.63, 3.8) is 0 Å². The minimum Gasteiger partial charge on any atom is -0.338 e. The minimum absolute atomic E-state index is 0.155. The lowest BCUT2D eigenvalue weighted by Crippen LogP contribution is -2.45. The number of amides is 1. The number of aromatic nitrogens is 2. The Balaban J connectivity index is 1.63. The number of hydrogen-bond donors (Lipinski definition) is 1. The first-order valence-electron chi connectivity index (χ1n) is 7.44. The van der Waals surface area contributed by atoms with Crippen LogP contribution in [0.5, 0.6) is 0 Å². The van der Waals surface area contributed by atoms with Crippen LogP contribution < -0.4 is 10.2 Å². The average molecular weight is 423 g/mol. The van der Waals surface area contributed by atoms with Gasteiger partial charge >= 0.3 is 0 Å². The number of carbonyl (C=O) groups is 1. The number of anilines is 2. The van der Waals surface area contributed by atoms with E-state index in [1.807, 2.05) is 12.1 Å². The zero-order valence-corrected chi connectivity index (χ0v) is 15.0. The van der Waals surface area contributed by atoms with E-state index in [1.165, 1.54) is 0 Å². The molecule has 23 heavy (non-hydrogen) atoms. The Bertz CT molecular complexity index is 666. The summed E-state index contributed by atoms with van der Waals surface area (Å²) in [5.41, 5.74) is 1.22. The van der Waals surface area contributed by atoms with Crippen LogP contribution in [0.3, 0.4) is 0 Å². The first-order chi connectivity index (χ1) is 11.1. The van der Waals surface area contributed by atoms with Gasteiger partial charge in [0.05, 0.1) is 18.1 Å². The Morgan fingerprint density at radius 1 is 1.09 bits per heavy atom. The lowest BCUT2D eigenvalue weighted by atomic mass is 10.2. The van der Waals surface area contributed by atoms with Crippen molar-refractivity contribution in [3.05, 3.63) is 45.8 Å². The van der Waals surface area contributed by atoms with Crippen molar-refractivity contribution in [2.45, 2.75) is 0 Å². The van der Waals surface area contributed by atoms with Crippen LogP contribution in [0, 0.1) is 3.57 Å². The summed E-state index contributed by atoms with van der Waals surface area (Å²) in [7, 11) is 2.11. The predicted molar refractivity (Wildman–Crippen MR) is 98.9 cm³/mol. The monoisotopic (exact) mass is 423 g/mol. The number of nitrogens with one attached hydrogen (secondary N) is 1. The molecule has 1 amide bonds. The third kappa shape index (κ3) is 4.17. The van der Waals surface area contributed by atoms with Crippen molar-refractivity contribution in [1.82, 2.24) is 14.9 Å². The van der Waals surface area contributed by atoms with Crippen molar-refractivity contribution < 1.29 is 4.79 Å². The molecule has 6 nitrogen and oxygen atoms in total. The summed E-state index contributed by atoms with van der Waals surface area (Å²) < 4.78 is 1.10. The summed E-state index contributed by atoms with van der Waals surface area (Å²) in [5.74, 6) is 0.558. The molecule has 3 rings (SSSR count). The van der Waals surface area contributed by atoms with Gasteiger partial charge in [-0.15, -0.1) is 0 Å². The summed E-state index contributed by atoms with van der Waals surface area (Å²) in [6, 6.07) is 7.41. The molecule has 0 spiro atoms. The van der Waals surface area contributed by atoms with Crippen molar-refractivity contribution >= 4 is 40.1 Å². The molecule has 0 radical (unpaired) electrons. The summed E-state index contributed by atoms with van der Waals surface area (Å²) in [6.07, 6.45) is 3.32. The normalized spacial score (nSPS) is 15.5. The molecule has 0 aliphatic carbocycles. The van der Waals surface area contributed by atoms with Gasteiger partial charge in [-0.05, 0) is 53.9 Å². The Morgan fingerprint density at radius 3 is 2.30 bits per heavy atom. The number of rotatable bonds is 3. The number of likely N-dealkylation sites (N-methyl/N-ethyl adjacent to an activating group) is 1. The molecule has 0 atom stereocenters. The van der Waals surface area contributed by atoms with E-state index in [0.717, 1.165) is 29.7 Å². The van der Waals surface area contributed by atoms with Gasteiger partial charge in [0.1, 0.15) is 0 Å². The van der Waals surface area contributed by atoms with Gasteiger partial charge < -0.3 is 15.1 Å². The zero-order valence-electron chi connectivity index (χ0n) is 12.9. The molecule has 0 unspecified atom stereocenters. The van der Waals surface area contributed by atoms with Crippen LogP contribution in [0.15, 0.2) is 36.7 Å². The lowest BCUT2D eigenvalue weighted by molar-refractivity contribution is 0.102. The standard InChI is InChI=1S/C16H18IN5O/c1-21-6-8-22(9-7-21)16-18-10-14(11-19-16)20-15(23)12-2-4-13(17)5-3-12/h2-5,10-11H,6-9H2,1H3,(H,20,23). The maximum absolute atomic E-state index is 12.2. The minimum atomic E-state index is -0.155. The van der Waals surface area contributed by atoms with Gasteiger partial charge in [-0.1, -0.05) is 0 Å². The van der Waals surface area contributed by atoms with Gasteiger partial charge in [-0.25, -0.2) is 9.97 Å². The van der Waals surface area contributed by atoms with Crippen LogP contribution in [0.1, 0.15) is 10.4 Å². The average Bonchev–Trinajstić information content (AvgIpc) is 2.57. The maximum Gasteiger partial charge on any atom is 0.255 e. The molecule has 1 aromatic carbocycles. The van der Waals surface area contributed by atoms with E-state index in [2.05, 4.69) is 54.7 Å². The Labute approximate surface area is 149 Å². The van der Waals surface area contributed by atoms with Crippen molar-refractivity contribution in [2.24, 2.45) is 0 Å². The molecule has 1 saturated heterocycles. The number of nitrogens with zero attached hydrogens (tertiary/aromatic N) is 4. The molecule has 0 bridgehead atoms. The molecule has 1 fully saturated rings. The Morgan fingerprint density at radius 2 is 1.70 bits per heavy atom. The molecule has 7 heteroatoms. The summed E-state index contributed by atoms with van der Waals surface area (Å²) >= 11 is 2.21. The van der Waals surface area contributed by atoms with Crippen LogP contribution in [-0.4, -0.2) is 54.0 Å². The molecule has 1 aliphatic rings. The molecule has 2 aromatic rings. The molecular weight excluding hydrogens is 405 g/mol. The molecule has 0 saturated carbocycles.